The van der Waals surface area contributed by atoms with E-state index in [2.05, 4.69) is 15.6 Å². The second-order valence-electron chi connectivity index (χ2n) is 6.92. The minimum absolute atomic E-state index is 0.0705. The summed E-state index contributed by atoms with van der Waals surface area (Å²) in [4.78, 5) is 28.9. The molecule has 1 aromatic heterocycles. The number of hydrogen-bond donors (Lipinski definition) is 2. The van der Waals surface area contributed by atoms with E-state index in [-0.39, 0.29) is 18.2 Å². The highest BCUT2D eigenvalue weighted by Crippen LogP contribution is 2.26. The van der Waals surface area contributed by atoms with Gasteiger partial charge in [-0.15, -0.1) is 11.3 Å². The largest absolute Gasteiger partial charge is 0.497 e. The zero-order valence-electron chi connectivity index (χ0n) is 16.0. The highest BCUT2D eigenvalue weighted by molar-refractivity contribution is 7.13. The molecule has 2 amide bonds. The third kappa shape index (κ3) is 5.00. The van der Waals surface area contributed by atoms with E-state index >= 15 is 0 Å². The summed E-state index contributed by atoms with van der Waals surface area (Å²) >= 11 is 1.50. The predicted octanol–water partition coefficient (Wildman–Crippen LogP) is 3.89. The summed E-state index contributed by atoms with van der Waals surface area (Å²) in [5.74, 6) is 0.576. The van der Waals surface area contributed by atoms with Gasteiger partial charge in [-0.25, -0.2) is 4.98 Å². The van der Waals surface area contributed by atoms with Gasteiger partial charge in [-0.05, 0) is 61.4 Å². The fourth-order valence-corrected chi connectivity index (χ4v) is 3.65. The molecule has 1 aliphatic rings. The van der Waals surface area contributed by atoms with E-state index in [1.165, 1.54) is 11.3 Å². The van der Waals surface area contributed by atoms with E-state index in [4.69, 9.17) is 4.74 Å². The maximum Gasteiger partial charge on any atom is 0.251 e. The number of aromatic nitrogens is 1. The number of ether oxygens (including phenoxy) is 1. The van der Waals surface area contributed by atoms with Gasteiger partial charge in [0.05, 0.1) is 19.2 Å². The van der Waals surface area contributed by atoms with Crippen LogP contribution in [0.3, 0.4) is 0 Å². The molecule has 1 saturated carbocycles. The Bertz CT molecular complexity index is 1010. The normalized spacial score (nSPS) is 13.0. The van der Waals surface area contributed by atoms with E-state index in [1.807, 2.05) is 29.6 Å². The summed E-state index contributed by atoms with van der Waals surface area (Å²) in [5.41, 5.74) is 2.96. The van der Waals surface area contributed by atoms with Crippen LogP contribution in [0.1, 0.15) is 28.9 Å². The zero-order chi connectivity index (χ0) is 20.2. The van der Waals surface area contributed by atoms with Gasteiger partial charge in [-0.2, -0.15) is 0 Å². The number of hydrogen-bond acceptors (Lipinski definition) is 5. The molecule has 1 fully saturated rings. The maximum atomic E-state index is 12.3. The Kier molecular flexibility index (Phi) is 5.57. The van der Waals surface area contributed by atoms with Gasteiger partial charge >= 0.3 is 0 Å². The SMILES string of the molecule is COc1ccc(-c2nc(CC(=O)Nc3ccc(C(=O)NC4CC4)cc3)cs2)cc1. The lowest BCUT2D eigenvalue weighted by atomic mass is 10.2. The van der Waals surface area contributed by atoms with Crippen LogP contribution in [0.2, 0.25) is 0 Å². The minimum Gasteiger partial charge on any atom is -0.497 e. The first-order valence-corrected chi connectivity index (χ1v) is 10.3. The predicted molar refractivity (Wildman–Crippen MR) is 113 cm³/mol. The first kappa shape index (κ1) is 19.1. The number of nitrogens with one attached hydrogen (secondary N) is 2. The lowest BCUT2D eigenvalue weighted by Crippen LogP contribution is -2.25. The molecule has 29 heavy (non-hydrogen) atoms. The monoisotopic (exact) mass is 407 g/mol. The summed E-state index contributed by atoms with van der Waals surface area (Å²) in [7, 11) is 1.63. The van der Waals surface area contributed by atoms with Gasteiger partial charge < -0.3 is 15.4 Å². The van der Waals surface area contributed by atoms with Crippen molar-refractivity contribution in [3.63, 3.8) is 0 Å². The first-order chi connectivity index (χ1) is 14.1. The summed E-state index contributed by atoms with van der Waals surface area (Å²) in [6.45, 7) is 0. The maximum absolute atomic E-state index is 12.3. The average molecular weight is 407 g/mol. The van der Waals surface area contributed by atoms with Crippen molar-refractivity contribution in [3.8, 4) is 16.3 Å². The molecule has 0 atom stereocenters. The summed E-state index contributed by atoms with van der Waals surface area (Å²) in [6, 6.07) is 14.9. The van der Waals surface area contributed by atoms with E-state index in [0.29, 0.717) is 17.3 Å². The van der Waals surface area contributed by atoms with Crippen LogP contribution in [0.25, 0.3) is 10.6 Å². The standard InChI is InChI=1S/C22H21N3O3S/c1-28-19-10-4-15(5-11-19)22-25-18(13-29-22)12-20(26)23-16-6-2-14(3-7-16)21(27)24-17-8-9-17/h2-7,10-11,13,17H,8-9,12H2,1H3,(H,23,26)(H,24,27). The van der Waals surface area contributed by atoms with E-state index in [1.54, 1.807) is 31.4 Å². The first-order valence-electron chi connectivity index (χ1n) is 9.40. The molecule has 4 rings (SSSR count). The van der Waals surface area contributed by atoms with Gasteiger partial charge in [-0.3, -0.25) is 9.59 Å². The van der Waals surface area contributed by atoms with Crippen LogP contribution in [-0.4, -0.2) is 29.9 Å². The molecule has 0 spiro atoms. The molecule has 0 saturated heterocycles. The number of anilines is 1. The number of carbonyl (C=O) groups excluding carboxylic acids is 2. The lowest BCUT2D eigenvalue weighted by Gasteiger charge is -2.06. The molecule has 2 N–H and O–H groups in total. The van der Waals surface area contributed by atoms with Crippen LogP contribution in [-0.2, 0) is 11.2 Å². The molecule has 1 aliphatic carbocycles. The Balaban J connectivity index is 1.33. The number of benzene rings is 2. The molecule has 0 bridgehead atoms. The zero-order valence-corrected chi connectivity index (χ0v) is 16.8. The summed E-state index contributed by atoms with van der Waals surface area (Å²) in [5, 5.41) is 8.55. The van der Waals surface area contributed by atoms with E-state index < -0.39 is 0 Å². The van der Waals surface area contributed by atoms with Crippen molar-refractivity contribution in [2.24, 2.45) is 0 Å². The van der Waals surface area contributed by atoms with Gasteiger partial charge in [0, 0.05) is 28.2 Å². The highest BCUT2D eigenvalue weighted by Gasteiger charge is 2.23. The van der Waals surface area contributed by atoms with Crippen LogP contribution in [0, 0.1) is 0 Å². The third-order valence-corrected chi connectivity index (χ3v) is 5.51. The van der Waals surface area contributed by atoms with Gasteiger partial charge in [0.25, 0.3) is 5.91 Å². The number of amides is 2. The quantitative estimate of drug-likeness (QED) is 0.623. The van der Waals surface area contributed by atoms with Crippen LogP contribution < -0.4 is 15.4 Å². The number of carbonyl (C=O) groups is 2. The van der Waals surface area contributed by atoms with Crippen LogP contribution >= 0.6 is 11.3 Å². The molecule has 3 aromatic rings. The average Bonchev–Trinajstić information content (AvgIpc) is 3.43. The lowest BCUT2D eigenvalue weighted by molar-refractivity contribution is -0.115. The van der Waals surface area contributed by atoms with Crippen LogP contribution in [0.4, 0.5) is 5.69 Å². The third-order valence-electron chi connectivity index (χ3n) is 4.57. The minimum atomic E-state index is -0.147. The van der Waals surface area contributed by atoms with Crippen LogP contribution in [0.15, 0.2) is 53.9 Å². The van der Waals surface area contributed by atoms with Crippen LogP contribution in [0.5, 0.6) is 5.75 Å². The molecule has 0 unspecified atom stereocenters. The van der Waals surface area contributed by atoms with E-state index in [9.17, 15) is 9.59 Å². The van der Waals surface area contributed by atoms with Gasteiger partial charge in [0.1, 0.15) is 10.8 Å². The Morgan fingerprint density at radius 2 is 1.83 bits per heavy atom. The number of nitrogens with zero attached hydrogens (tertiary/aromatic N) is 1. The molecule has 0 aliphatic heterocycles. The Morgan fingerprint density at radius 1 is 1.10 bits per heavy atom. The number of rotatable bonds is 7. The Labute approximate surface area is 172 Å². The Morgan fingerprint density at radius 3 is 2.48 bits per heavy atom. The molecule has 0 radical (unpaired) electrons. The van der Waals surface area contributed by atoms with Gasteiger partial charge in [-0.1, -0.05) is 0 Å². The molecule has 2 aromatic carbocycles. The number of thiazole rings is 1. The second-order valence-corrected chi connectivity index (χ2v) is 7.78. The van der Waals surface area contributed by atoms with Crippen molar-refractivity contribution in [2.45, 2.75) is 25.3 Å². The highest BCUT2D eigenvalue weighted by atomic mass is 32.1. The van der Waals surface area contributed by atoms with Crippen molar-refractivity contribution in [2.75, 3.05) is 12.4 Å². The molecule has 1 heterocycles. The topological polar surface area (TPSA) is 80.3 Å². The summed E-state index contributed by atoms with van der Waals surface area (Å²) in [6.07, 6.45) is 2.30. The van der Waals surface area contributed by atoms with Crippen molar-refractivity contribution >= 4 is 28.8 Å². The number of methoxy groups -OCH3 is 1. The fraction of sp³-hybridized carbons (Fsp3) is 0.227. The van der Waals surface area contributed by atoms with Gasteiger partial charge in [0.15, 0.2) is 0 Å². The summed E-state index contributed by atoms with van der Waals surface area (Å²) < 4.78 is 5.17. The van der Waals surface area contributed by atoms with Crippen molar-refractivity contribution < 1.29 is 14.3 Å². The van der Waals surface area contributed by atoms with Crippen molar-refractivity contribution in [1.82, 2.24) is 10.3 Å². The van der Waals surface area contributed by atoms with Crippen molar-refractivity contribution in [3.05, 3.63) is 65.2 Å². The molecule has 148 valence electrons. The smallest absolute Gasteiger partial charge is 0.251 e. The molecular formula is C22H21N3O3S. The fourth-order valence-electron chi connectivity index (χ4n) is 2.83. The molecule has 7 heteroatoms. The molecular weight excluding hydrogens is 386 g/mol. The van der Waals surface area contributed by atoms with E-state index in [0.717, 1.165) is 34.9 Å². The second kappa shape index (κ2) is 8.45. The Hall–Kier alpha value is -3.19. The van der Waals surface area contributed by atoms with Crippen molar-refractivity contribution in [1.29, 1.82) is 0 Å². The van der Waals surface area contributed by atoms with Gasteiger partial charge in [0.2, 0.25) is 5.91 Å². The molecule has 6 nitrogen and oxygen atoms in total.